The molecule has 0 saturated carbocycles. The second kappa shape index (κ2) is 8.98. The molecule has 0 aliphatic heterocycles. The molecule has 0 unspecified atom stereocenters. The number of benzene rings is 3. The number of aliphatic hydroxyl groups excluding tert-OH is 1. The molecule has 0 fully saturated rings. The first-order chi connectivity index (χ1) is 13.2. The topological polar surface area (TPSA) is 84.6 Å². The highest BCUT2D eigenvalue weighted by Gasteiger charge is 2.11. The van der Waals surface area contributed by atoms with Crippen molar-refractivity contribution >= 4 is 11.6 Å². The van der Waals surface area contributed by atoms with E-state index in [-0.39, 0.29) is 0 Å². The Morgan fingerprint density at radius 2 is 1.56 bits per heavy atom. The summed E-state index contributed by atoms with van der Waals surface area (Å²) in [6.45, 7) is 0.0618. The molecule has 3 aromatic rings. The molecule has 138 valence electrons. The minimum Gasteiger partial charge on any atom is -0.489 e. The molecule has 0 aromatic heterocycles. The van der Waals surface area contributed by atoms with Crippen LogP contribution in [0.2, 0.25) is 0 Å². The lowest BCUT2D eigenvalue weighted by Gasteiger charge is -2.11. The van der Waals surface area contributed by atoms with Crippen LogP contribution in [0.5, 0.6) is 5.75 Å². The van der Waals surface area contributed by atoms with Crippen LogP contribution in [0.3, 0.4) is 0 Å². The molecule has 27 heavy (non-hydrogen) atoms. The van der Waals surface area contributed by atoms with Crippen molar-refractivity contribution in [2.45, 2.75) is 12.6 Å². The van der Waals surface area contributed by atoms with Gasteiger partial charge in [-0.05, 0) is 41.0 Å². The van der Waals surface area contributed by atoms with Gasteiger partial charge in [-0.3, -0.25) is 4.79 Å². The number of nitrogens with one attached hydrogen (secondary N) is 1. The van der Waals surface area contributed by atoms with Crippen LogP contribution in [-0.2, 0) is 11.4 Å². The van der Waals surface area contributed by atoms with Crippen molar-refractivity contribution in [3.8, 4) is 16.9 Å². The van der Waals surface area contributed by atoms with Gasteiger partial charge in [0, 0.05) is 5.69 Å². The molecule has 0 heterocycles. The quantitative estimate of drug-likeness (QED) is 0.603. The smallest absolute Gasteiger partial charge is 0.243 e. The van der Waals surface area contributed by atoms with Gasteiger partial charge in [0.2, 0.25) is 5.91 Å². The van der Waals surface area contributed by atoms with E-state index in [1.165, 1.54) is 11.1 Å². The van der Waals surface area contributed by atoms with Crippen molar-refractivity contribution < 1.29 is 14.6 Å². The summed E-state index contributed by atoms with van der Waals surface area (Å²) in [5.74, 6) is 0.274. The van der Waals surface area contributed by atoms with Gasteiger partial charge in [0.1, 0.15) is 18.4 Å². The maximum Gasteiger partial charge on any atom is 0.243 e. The first kappa shape index (κ1) is 18.6. The SMILES string of the molecule is N[C@@H](CO)C(=O)Nc1ccc(OCc2ccc(-c3ccccc3)cc2)cc1. The lowest BCUT2D eigenvalue weighted by molar-refractivity contribution is -0.118. The number of carbonyl (C=O) groups excluding carboxylic acids is 1. The van der Waals surface area contributed by atoms with Crippen molar-refractivity contribution in [3.05, 3.63) is 84.4 Å². The molecule has 5 nitrogen and oxygen atoms in total. The molecule has 3 aromatic carbocycles. The Balaban J connectivity index is 1.55. The van der Waals surface area contributed by atoms with Crippen LogP contribution in [0.15, 0.2) is 78.9 Å². The third-order valence-electron chi connectivity index (χ3n) is 4.12. The highest BCUT2D eigenvalue weighted by atomic mass is 16.5. The lowest BCUT2D eigenvalue weighted by Crippen LogP contribution is -2.38. The standard InChI is InChI=1S/C22H22N2O3/c23-21(14-25)22(26)24-19-10-12-20(13-11-19)27-15-16-6-8-18(9-7-16)17-4-2-1-3-5-17/h1-13,21,25H,14-15,23H2,(H,24,26)/t21-/m0/s1. The molecular formula is C22H22N2O3. The largest absolute Gasteiger partial charge is 0.489 e. The zero-order valence-corrected chi connectivity index (χ0v) is 14.8. The van der Waals surface area contributed by atoms with Crippen molar-refractivity contribution in [2.75, 3.05) is 11.9 Å². The Morgan fingerprint density at radius 3 is 2.19 bits per heavy atom. The zero-order valence-electron chi connectivity index (χ0n) is 14.8. The van der Waals surface area contributed by atoms with E-state index < -0.39 is 18.6 Å². The zero-order chi connectivity index (χ0) is 19.1. The van der Waals surface area contributed by atoms with Gasteiger partial charge in [-0.1, -0.05) is 54.6 Å². The van der Waals surface area contributed by atoms with Crippen LogP contribution >= 0.6 is 0 Å². The third kappa shape index (κ3) is 5.17. The minimum absolute atomic E-state index is 0.393. The minimum atomic E-state index is -0.931. The molecule has 0 aliphatic carbocycles. The average Bonchev–Trinajstić information content (AvgIpc) is 2.73. The summed E-state index contributed by atoms with van der Waals surface area (Å²) in [5, 5.41) is 11.5. The fourth-order valence-corrected chi connectivity index (χ4v) is 2.54. The van der Waals surface area contributed by atoms with Gasteiger partial charge >= 0.3 is 0 Å². The number of carbonyl (C=O) groups is 1. The highest BCUT2D eigenvalue weighted by Crippen LogP contribution is 2.21. The average molecular weight is 362 g/mol. The first-order valence-electron chi connectivity index (χ1n) is 8.70. The van der Waals surface area contributed by atoms with Crippen molar-refractivity contribution in [3.63, 3.8) is 0 Å². The summed E-state index contributed by atoms with van der Waals surface area (Å²) in [6.07, 6.45) is 0. The number of aliphatic hydroxyl groups is 1. The molecule has 1 amide bonds. The summed E-state index contributed by atoms with van der Waals surface area (Å²) in [4.78, 5) is 11.6. The van der Waals surface area contributed by atoms with Crippen molar-refractivity contribution in [2.24, 2.45) is 5.73 Å². The third-order valence-corrected chi connectivity index (χ3v) is 4.12. The summed E-state index contributed by atoms with van der Waals surface area (Å²) in [7, 11) is 0. The summed E-state index contributed by atoms with van der Waals surface area (Å²) < 4.78 is 5.79. The fraction of sp³-hybridized carbons (Fsp3) is 0.136. The van der Waals surface area contributed by atoms with Gasteiger partial charge in [0.15, 0.2) is 0 Å². The monoisotopic (exact) mass is 362 g/mol. The Labute approximate surface area is 158 Å². The molecule has 5 heteroatoms. The lowest BCUT2D eigenvalue weighted by atomic mass is 10.0. The maximum absolute atomic E-state index is 11.6. The van der Waals surface area contributed by atoms with E-state index in [1.54, 1.807) is 24.3 Å². The van der Waals surface area contributed by atoms with Gasteiger partial charge < -0.3 is 20.9 Å². The number of ether oxygens (including phenoxy) is 1. The number of anilines is 1. The molecule has 3 rings (SSSR count). The predicted molar refractivity (Wildman–Crippen MR) is 106 cm³/mol. The Morgan fingerprint density at radius 1 is 0.926 bits per heavy atom. The normalized spacial score (nSPS) is 11.6. The number of amides is 1. The number of hydrogen-bond donors (Lipinski definition) is 3. The van der Waals surface area contributed by atoms with Gasteiger partial charge in [0.05, 0.1) is 6.61 Å². The molecule has 4 N–H and O–H groups in total. The van der Waals surface area contributed by atoms with E-state index in [2.05, 4.69) is 29.6 Å². The van der Waals surface area contributed by atoms with Gasteiger partial charge in [-0.2, -0.15) is 0 Å². The summed E-state index contributed by atoms with van der Waals surface area (Å²) in [5.41, 5.74) is 9.49. The van der Waals surface area contributed by atoms with Crippen LogP contribution in [0.1, 0.15) is 5.56 Å². The van der Waals surface area contributed by atoms with E-state index >= 15 is 0 Å². The second-order valence-corrected chi connectivity index (χ2v) is 6.15. The predicted octanol–water partition coefficient (Wildman–Crippen LogP) is 3.19. The van der Waals surface area contributed by atoms with E-state index in [0.29, 0.717) is 18.0 Å². The second-order valence-electron chi connectivity index (χ2n) is 6.15. The number of nitrogens with two attached hydrogens (primary N) is 1. The molecule has 0 aliphatic rings. The van der Waals surface area contributed by atoms with Crippen LogP contribution in [0.4, 0.5) is 5.69 Å². The fourth-order valence-electron chi connectivity index (χ4n) is 2.54. The maximum atomic E-state index is 11.6. The molecule has 1 atom stereocenters. The molecule has 0 spiro atoms. The Kier molecular flexibility index (Phi) is 6.20. The van der Waals surface area contributed by atoms with Crippen LogP contribution in [0, 0.1) is 0 Å². The number of hydrogen-bond acceptors (Lipinski definition) is 4. The molecule has 0 radical (unpaired) electrons. The van der Waals surface area contributed by atoms with Gasteiger partial charge in [-0.25, -0.2) is 0 Å². The van der Waals surface area contributed by atoms with Gasteiger partial charge in [0.25, 0.3) is 0 Å². The molecular weight excluding hydrogens is 340 g/mol. The van der Waals surface area contributed by atoms with E-state index in [0.717, 1.165) is 5.56 Å². The van der Waals surface area contributed by atoms with E-state index in [9.17, 15) is 4.79 Å². The van der Waals surface area contributed by atoms with E-state index in [1.807, 2.05) is 30.3 Å². The first-order valence-corrected chi connectivity index (χ1v) is 8.70. The van der Waals surface area contributed by atoms with Gasteiger partial charge in [-0.15, -0.1) is 0 Å². The molecule has 0 saturated heterocycles. The summed E-state index contributed by atoms with van der Waals surface area (Å²) >= 11 is 0. The molecule has 0 bridgehead atoms. The van der Waals surface area contributed by atoms with Crippen LogP contribution in [0.25, 0.3) is 11.1 Å². The highest BCUT2D eigenvalue weighted by molar-refractivity contribution is 5.94. The van der Waals surface area contributed by atoms with E-state index in [4.69, 9.17) is 15.6 Å². The van der Waals surface area contributed by atoms with Crippen LogP contribution in [-0.4, -0.2) is 23.7 Å². The van der Waals surface area contributed by atoms with Crippen LogP contribution < -0.4 is 15.8 Å². The summed E-state index contributed by atoms with van der Waals surface area (Å²) in [6, 6.07) is 24.6. The van der Waals surface area contributed by atoms with Crippen molar-refractivity contribution in [1.29, 1.82) is 0 Å². The van der Waals surface area contributed by atoms with Crippen molar-refractivity contribution in [1.82, 2.24) is 0 Å². The Hall–Kier alpha value is -3.15. The Bertz CT molecular complexity index is 862. The number of rotatable bonds is 7.